The lowest BCUT2D eigenvalue weighted by Crippen LogP contribution is -2.52. The fraction of sp³-hybridized carbons (Fsp3) is 0.429. The van der Waals surface area contributed by atoms with Crippen molar-refractivity contribution < 1.29 is 22.8 Å². The third-order valence-corrected chi connectivity index (χ3v) is 6.27. The number of fused-ring (bicyclic) bond motifs is 1. The average molecular weight is 481 g/mol. The lowest BCUT2D eigenvalue weighted by molar-refractivity contribution is -0.126. The number of ketones is 1. The Kier molecular flexibility index (Phi) is 9.17. The van der Waals surface area contributed by atoms with Crippen molar-refractivity contribution in [3.05, 3.63) is 36.0 Å². The number of nitrogens with one attached hydrogen (secondary N) is 4. The van der Waals surface area contributed by atoms with Crippen molar-refractivity contribution in [3.63, 3.8) is 0 Å². The highest BCUT2D eigenvalue weighted by atomic mass is 32.2. The van der Waals surface area contributed by atoms with Crippen LogP contribution in [0.3, 0.4) is 0 Å². The number of para-hydroxylation sites is 1. The van der Waals surface area contributed by atoms with Gasteiger partial charge in [-0.3, -0.25) is 14.4 Å². The molecule has 0 aliphatic carbocycles. The normalized spacial score (nSPS) is 13.6. The monoisotopic (exact) mass is 480 g/mol. The molecule has 0 bridgehead atoms. The molecule has 9 nitrogen and oxygen atoms in total. The van der Waals surface area contributed by atoms with E-state index < -0.39 is 33.8 Å². The van der Waals surface area contributed by atoms with Crippen molar-refractivity contribution in [3.8, 4) is 0 Å². The van der Waals surface area contributed by atoms with Gasteiger partial charge >= 0.3 is 0 Å². The minimum atomic E-state index is -3.72. The van der Waals surface area contributed by atoms with E-state index in [0.29, 0.717) is 6.21 Å². The third-order valence-electron chi connectivity index (χ3n) is 4.57. The second-order valence-corrected chi connectivity index (χ2v) is 11.1. The molecule has 2 rings (SSSR count). The number of carbonyl (C=O) groups is 3. The molecule has 32 heavy (non-hydrogen) atoms. The summed E-state index contributed by atoms with van der Waals surface area (Å²) in [5.41, 5.74) is 1.60. The number of sulfonamides is 1. The molecule has 1 aromatic heterocycles. The maximum absolute atomic E-state index is 13.1. The van der Waals surface area contributed by atoms with Crippen LogP contribution in [-0.2, 0) is 30.8 Å². The van der Waals surface area contributed by atoms with Crippen LogP contribution in [0.2, 0.25) is 0 Å². The first-order valence-corrected chi connectivity index (χ1v) is 12.8. The Morgan fingerprint density at radius 3 is 2.50 bits per heavy atom. The van der Waals surface area contributed by atoms with Gasteiger partial charge in [-0.2, -0.15) is 0 Å². The zero-order chi connectivity index (χ0) is 23.9. The van der Waals surface area contributed by atoms with Crippen LogP contribution in [-0.4, -0.2) is 60.0 Å². The van der Waals surface area contributed by atoms with E-state index in [0.717, 1.165) is 34.5 Å². The molecule has 0 spiro atoms. The third kappa shape index (κ3) is 7.88. The molecule has 0 fully saturated rings. The van der Waals surface area contributed by atoms with Crippen LogP contribution >= 0.6 is 11.8 Å². The van der Waals surface area contributed by atoms with Crippen LogP contribution in [0, 0.1) is 5.41 Å². The molecule has 4 N–H and O–H groups in total. The van der Waals surface area contributed by atoms with Gasteiger partial charge < -0.3 is 15.7 Å². The quantitative estimate of drug-likeness (QED) is 0.340. The van der Waals surface area contributed by atoms with Crippen molar-refractivity contribution >= 4 is 55.7 Å². The number of benzene rings is 1. The fourth-order valence-corrected chi connectivity index (χ4v) is 4.67. The van der Waals surface area contributed by atoms with Crippen molar-refractivity contribution in [2.24, 2.45) is 0 Å². The van der Waals surface area contributed by atoms with E-state index in [-0.39, 0.29) is 29.6 Å². The highest BCUT2D eigenvalue weighted by Gasteiger charge is 2.29. The maximum atomic E-state index is 13.1. The number of thioether (sulfide) groups is 1. The maximum Gasteiger partial charge on any atom is 0.239 e. The predicted octanol–water partition coefficient (Wildman–Crippen LogP) is 1.78. The fourth-order valence-electron chi connectivity index (χ4n) is 3.16. The average Bonchev–Trinajstić information content (AvgIpc) is 3.11. The van der Waals surface area contributed by atoms with E-state index in [2.05, 4.69) is 15.0 Å². The number of hydrogen-bond donors (Lipinski definition) is 4. The van der Waals surface area contributed by atoms with Crippen LogP contribution in [0.25, 0.3) is 10.9 Å². The molecular weight excluding hydrogens is 452 g/mol. The number of carbonyl (C=O) groups excluding carboxylic acids is 3. The van der Waals surface area contributed by atoms with Crippen LogP contribution in [0.1, 0.15) is 32.3 Å². The minimum Gasteiger partial charge on any atom is -0.361 e. The molecule has 0 unspecified atom stereocenters. The van der Waals surface area contributed by atoms with Crippen molar-refractivity contribution in [2.45, 2.75) is 50.4 Å². The molecule has 0 aliphatic rings. The highest BCUT2D eigenvalue weighted by molar-refractivity contribution is 8.14. The van der Waals surface area contributed by atoms with Crippen LogP contribution < -0.4 is 10.0 Å². The first-order valence-electron chi connectivity index (χ1n) is 10.1. The zero-order valence-electron chi connectivity index (χ0n) is 18.2. The molecule has 1 aromatic carbocycles. The van der Waals surface area contributed by atoms with Crippen molar-refractivity contribution in [1.29, 1.82) is 5.41 Å². The Bertz CT molecular complexity index is 1090. The van der Waals surface area contributed by atoms with Crippen LogP contribution in [0.15, 0.2) is 30.5 Å². The summed E-state index contributed by atoms with van der Waals surface area (Å²) >= 11 is 1.03. The molecule has 2 aromatic rings. The molecule has 0 aliphatic heterocycles. The summed E-state index contributed by atoms with van der Waals surface area (Å²) in [7, 11) is -3.72. The van der Waals surface area contributed by atoms with Gasteiger partial charge in [-0.1, -0.05) is 43.8 Å². The molecule has 0 saturated carbocycles. The molecule has 0 radical (unpaired) electrons. The van der Waals surface area contributed by atoms with E-state index >= 15 is 0 Å². The molecule has 1 heterocycles. The first kappa shape index (κ1) is 25.8. The zero-order valence-corrected chi connectivity index (χ0v) is 19.8. The van der Waals surface area contributed by atoms with Gasteiger partial charge in [-0.05, 0) is 24.5 Å². The smallest absolute Gasteiger partial charge is 0.239 e. The predicted molar refractivity (Wildman–Crippen MR) is 126 cm³/mol. The lowest BCUT2D eigenvalue weighted by Gasteiger charge is -2.22. The first-order chi connectivity index (χ1) is 15.0. The Labute approximate surface area is 191 Å². The van der Waals surface area contributed by atoms with Gasteiger partial charge in [-0.25, -0.2) is 13.1 Å². The van der Waals surface area contributed by atoms with Gasteiger partial charge in [0, 0.05) is 28.8 Å². The molecule has 1 amide bonds. The summed E-state index contributed by atoms with van der Waals surface area (Å²) in [6, 6.07) is 5.31. The number of amides is 1. The summed E-state index contributed by atoms with van der Waals surface area (Å²) in [5.74, 6) is -1.12. The number of aromatic amines is 1. The number of H-pyrrole nitrogens is 1. The van der Waals surface area contributed by atoms with Crippen molar-refractivity contribution in [2.75, 3.05) is 6.26 Å². The van der Waals surface area contributed by atoms with Gasteiger partial charge in [0.05, 0.1) is 18.5 Å². The SMILES string of the molecule is CC(C)SC(=O)[C@H](CCC(=O)C=N)NC(=O)[C@H](Cc1c[nH]c2ccccc12)NS(C)(=O)=O. The van der Waals surface area contributed by atoms with E-state index in [1.807, 2.05) is 38.1 Å². The topological polar surface area (TPSA) is 149 Å². The molecule has 11 heteroatoms. The standard InChI is InChI=1S/C21H28N4O5S2/c1-13(2)31-21(28)18(9-8-15(26)11-22)24-20(27)19(25-32(3,29)30)10-14-12-23-17-7-5-4-6-16(14)17/h4-7,11-13,18-19,22-23,25H,8-10H2,1-3H3,(H,24,27)/t18-,19-/m0/s1. The summed E-state index contributed by atoms with van der Waals surface area (Å²) in [6.07, 6.45) is 3.37. The minimum absolute atomic E-state index is 0.0250. The second-order valence-electron chi connectivity index (χ2n) is 7.70. The van der Waals surface area contributed by atoms with E-state index in [4.69, 9.17) is 5.41 Å². The summed E-state index contributed by atoms with van der Waals surface area (Å²) < 4.78 is 26.2. The Hall–Kier alpha value is -2.50. The van der Waals surface area contributed by atoms with Crippen LogP contribution in [0.5, 0.6) is 0 Å². The van der Waals surface area contributed by atoms with E-state index in [9.17, 15) is 22.8 Å². The largest absolute Gasteiger partial charge is 0.361 e. The van der Waals surface area contributed by atoms with E-state index in [1.54, 1.807) is 6.20 Å². The Morgan fingerprint density at radius 1 is 1.19 bits per heavy atom. The highest BCUT2D eigenvalue weighted by Crippen LogP contribution is 2.20. The van der Waals surface area contributed by atoms with Gasteiger partial charge in [0.15, 0.2) is 5.78 Å². The Morgan fingerprint density at radius 2 is 1.88 bits per heavy atom. The molecular formula is C21H28N4O5S2. The van der Waals surface area contributed by atoms with Gasteiger partial charge in [0.25, 0.3) is 0 Å². The molecule has 0 saturated heterocycles. The van der Waals surface area contributed by atoms with Crippen LogP contribution in [0.4, 0.5) is 0 Å². The van der Waals surface area contributed by atoms with Gasteiger partial charge in [0.2, 0.25) is 21.0 Å². The number of rotatable bonds is 12. The second kappa shape index (κ2) is 11.4. The number of Topliss-reactive ketones (excluding diaryl/α,β-unsaturated/α-hetero) is 1. The lowest BCUT2D eigenvalue weighted by atomic mass is 10.0. The Balaban J connectivity index is 2.25. The van der Waals surface area contributed by atoms with Gasteiger partial charge in [-0.15, -0.1) is 0 Å². The van der Waals surface area contributed by atoms with Gasteiger partial charge in [0.1, 0.15) is 6.04 Å². The number of aromatic nitrogens is 1. The molecule has 174 valence electrons. The summed E-state index contributed by atoms with van der Waals surface area (Å²) in [5, 5.41) is 10.1. The summed E-state index contributed by atoms with van der Waals surface area (Å²) in [4.78, 5) is 40.3. The summed E-state index contributed by atoms with van der Waals surface area (Å²) in [6.45, 7) is 3.66. The molecule has 2 atom stereocenters. The van der Waals surface area contributed by atoms with E-state index in [1.165, 1.54) is 0 Å². The van der Waals surface area contributed by atoms with Crippen molar-refractivity contribution in [1.82, 2.24) is 15.0 Å². The number of hydrogen-bond acceptors (Lipinski definition) is 7.